The van der Waals surface area contributed by atoms with Gasteiger partial charge in [0.15, 0.2) is 0 Å². The molecular weight excluding hydrogens is 350 g/mol. The van der Waals surface area contributed by atoms with Crippen molar-refractivity contribution in [2.45, 2.75) is 18.9 Å². The van der Waals surface area contributed by atoms with Crippen molar-refractivity contribution in [3.63, 3.8) is 0 Å². The molecule has 0 unspecified atom stereocenters. The molecule has 0 bridgehead atoms. The van der Waals surface area contributed by atoms with E-state index in [-0.39, 0.29) is 24.8 Å². The average molecular weight is 369 g/mol. The second kappa shape index (κ2) is 9.59. The minimum atomic E-state index is -0.483. The number of pyridine rings is 1. The summed E-state index contributed by atoms with van der Waals surface area (Å²) in [6.07, 6.45) is 0. The lowest BCUT2D eigenvalue weighted by Gasteiger charge is -2.08. The number of aryl methyl sites for hydroxylation is 1. The molecule has 6 nitrogen and oxygen atoms in total. The Labute approximate surface area is 156 Å². The van der Waals surface area contributed by atoms with Gasteiger partial charge in [0, 0.05) is 5.56 Å². The van der Waals surface area contributed by atoms with E-state index < -0.39 is 5.97 Å². The quantitative estimate of drug-likeness (QED) is 0.596. The number of amides is 1. The molecule has 1 amide bonds. The fourth-order valence-electron chi connectivity index (χ4n) is 2.09. The SMILES string of the molecule is CCOC(=O)CNC(=O)CSc1nc(-c2ccc(C)cc2)ccc1C#N. The van der Waals surface area contributed by atoms with Crippen LogP contribution in [0.15, 0.2) is 41.4 Å². The summed E-state index contributed by atoms with van der Waals surface area (Å²) in [5.74, 6) is -0.754. The molecule has 0 spiro atoms. The number of aromatic nitrogens is 1. The molecule has 2 aromatic rings. The Bertz CT molecular complexity index is 829. The lowest BCUT2D eigenvalue weighted by atomic mass is 10.1. The van der Waals surface area contributed by atoms with E-state index in [0.29, 0.717) is 10.6 Å². The fourth-order valence-corrected chi connectivity index (χ4v) is 2.89. The summed E-state index contributed by atoms with van der Waals surface area (Å²) >= 11 is 1.16. The Balaban J connectivity index is 2.04. The Morgan fingerprint density at radius 2 is 1.96 bits per heavy atom. The highest BCUT2D eigenvalue weighted by Crippen LogP contribution is 2.25. The van der Waals surface area contributed by atoms with E-state index in [1.165, 1.54) is 0 Å². The van der Waals surface area contributed by atoms with E-state index in [1.807, 2.05) is 31.2 Å². The van der Waals surface area contributed by atoms with Crippen molar-refractivity contribution in [1.82, 2.24) is 10.3 Å². The highest BCUT2D eigenvalue weighted by Gasteiger charge is 2.11. The first-order chi connectivity index (χ1) is 12.5. The first-order valence-corrected chi connectivity index (χ1v) is 9.05. The van der Waals surface area contributed by atoms with Crippen LogP contribution in [0.4, 0.5) is 0 Å². The number of hydrogen-bond donors (Lipinski definition) is 1. The molecule has 1 aromatic heterocycles. The summed E-state index contributed by atoms with van der Waals surface area (Å²) in [5, 5.41) is 12.2. The lowest BCUT2D eigenvalue weighted by molar-refractivity contribution is -0.143. The van der Waals surface area contributed by atoms with Crippen LogP contribution in [0.2, 0.25) is 0 Å². The van der Waals surface area contributed by atoms with Crippen molar-refractivity contribution < 1.29 is 14.3 Å². The smallest absolute Gasteiger partial charge is 0.325 e. The number of nitriles is 1. The number of carbonyl (C=O) groups is 2. The van der Waals surface area contributed by atoms with E-state index in [1.54, 1.807) is 19.1 Å². The monoisotopic (exact) mass is 369 g/mol. The first-order valence-electron chi connectivity index (χ1n) is 8.06. The molecule has 1 aromatic carbocycles. The number of rotatable bonds is 7. The number of carbonyl (C=O) groups excluding carboxylic acids is 2. The van der Waals surface area contributed by atoms with Crippen LogP contribution in [0.3, 0.4) is 0 Å². The van der Waals surface area contributed by atoms with E-state index in [0.717, 1.165) is 28.6 Å². The van der Waals surface area contributed by atoms with Crippen LogP contribution in [-0.2, 0) is 14.3 Å². The highest BCUT2D eigenvalue weighted by molar-refractivity contribution is 8.00. The molecule has 0 atom stereocenters. The van der Waals surface area contributed by atoms with Crippen LogP contribution in [0, 0.1) is 18.3 Å². The molecule has 0 saturated heterocycles. The van der Waals surface area contributed by atoms with Crippen LogP contribution < -0.4 is 5.32 Å². The summed E-state index contributed by atoms with van der Waals surface area (Å²) in [6.45, 7) is 3.80. The van der Waals surface area contributed by atoms with Crippen LogP contribution >= 0.6 is 11.8 Å². The topological polar surface area (TPSA) is 92.1 Å². The van der Waals surface area contributed by atoms with Gasteiger partial charge in [0.05, 0.1) is 23.6 Å². The lowest BCUT2D eigenvalue weighted by Crippen LogP contribution is -2.31. The largest absolute Gasteiger partial charge is 0.465 e. The van der Waals surface area contributed by atoms with Gasteiger partial charge in [-0.05, 0) is 26.0 Å². The average Bonchev–Trinajstić information content (AvgIpc) is 2.65. The third-order valence-corrected chi connectivity index (χ3v) is 4.39. The van der Waals surface area contributed by atoms with Gasteiger partial charge in [-0.2, -0.15) is 5.26 Å². The van der Waals surface area contributed by atoms with Gasteiger partial charge >= 0.3 is 5.97 Å². The number of benzene rings is 1. The standard InChI is InChI=1S/C19H19N3O3S/c1-3-25-18(24)11-21-17(23)12-26-19-15(10-20)8-9-16(22-19)14-6-4-13(2)5-7-14/h4-9H,3,11-12H2,1-2H3,(H,21,23). The number of thioether (sulfide) groups is 1. The van der Waals surface area contributed by atoms with Gasteiger partial charge in [-0.15, -0.1) is 0 Å². The molecule has 0 fully saturated rings. The maximum absolute atomic E-state index is 11.9. The number of nitrogens with zero attached hydrogens (tertiary/aromatic N) is 2. The molecule has 1 heterocycles. The van der Waals surface area contributed by atoms with Crippen molar-refractivity contribution in [2.24, 2.45) is 0 Å². The zero-order valence-corrected chi connectivity index (χ0v) is 15.4. The molecule has 0 radical (unpaired) electrons. The van der Waals surface area contributed by atoms with Gasteiger partial charge in [0.25, 0.3) is 0 Å². The number of esters is 1. The molecular formula is C19H19N3O3S. The fraction of sp³-hybridized carbons (Fsp3) is 0.263. The summed E-state index contributed by atoms with van der Waals surface area (Å²) in [7, 11) is 0. The van der Waals surface area contributed by atoms with Gasteiger partial charge in [-0.3, -0.25) is 9.59 Å². The molecule has 2 rings (SSSR count). The van der Waals surface area contributed by atoms with Gasteiger partial charge in [-0.1, -0.05) is 41.6 Å². The van der Waals surface area contributed by atoms with Crippen molar-refractivity contribution in [1.29, 1.82) is 5.26 Å². The normalized spacial score (nSPS) is 10.0. The predicted octanol–water partition coefficient (Wildman–Crippen LogP) is 2.70. The minimum absolute atomic E-state index is 0.0540. The molecule has 0 aliphatic heterocycles. The summed E-state index contributed by atoms with van der Waals surface area (Å²) in [4.78, 5) is 27.6. The molecule has 134 valence electrons. The Morgan fingerprint density at radius 3 is 2.62 bits per heavy atom. The third kappa shape index (κ3) is 5.60. The molecule has 0 saturated carbocycles. The number of nitrogens with one attached hydrogen (secondary N) is 1. The maximum atomic E-state index is 11.9. The van der Waals surface area contributed by atoms with E-state index >= 15 is 0 Å². The van der Waals surface area contributed by atoms with Crippen LogP contribution in [0.25, 0.3) is 11.3 Å². The van der Waals surface area contributed by atoms with Gasteiger partial charge in [0.1, 0.15) is 17.6 Å². The number of hydrogen-bond acceptors (Lipinski definition) is 6. The van der Waals surface area contributed by atoms with Gasteiger partial charge in [0.2, 0.25) is 5.91 Å². The molecule has 0 aliphatic carbocycles. The summed E-state index contributed by atoms with van der Waals surface area (Å²) in [6, 6.07) is 13.5. The summed E-state index contributed by atoms with van der Waals surface area (Å²) < 4.78 is 4.75. The molecule has 1 N–H and O–H groups in total. The Hall–Kier alpha value is -2.85. The Kier molecular flexibility index (Phi) is 7.18. The zero-order chi connectivity index (χ0) is 18.9. The first kappa shape index (κ1) is 19.5. The van der Waals surface area contributed by atoms with Crippen molar-refractivity contribution in [3.8, 4) is 17.3 Å². The zero-order valence-electron chi connectivity index (χ0n) is 14.6. The predicted molar refractivity (Wildman–Crippen MR) is 99.5 cm³/mol. The van der Waals surface area contributed by atoms with Crippen LogP contribution in [0.1, 0.15) is 18.1 Å². The summed E-state index contributed by atoms with van der Waals surface area (Å²) in [5.41, 5.74) is 3.23. The van der Waals surface area contributed by atoms with Gasteiger partial charge in [-0.25, -0.2) is 4.98 Å². The maximum Gasteiger partial charge on any atom is 0.325 e. The van der Waals surface area contributed by atoms with Crippen molar-refractivity contribution in [3.05, 3.63) is 47.5 Å². The van der Waals surface area contributed by atoms with Crippen LogP contribution in [0.5, 0.6) is 0 Å². The Morgan fingerprint density at radius 1 is 1.23 bits per heavy atom. The third-order valence-electron chi connectivity index (χ3n) is 3.40. The second-order valence-corrected chi connectivity index (χ2v) is 6.36. The highest BCUT2D eigenvalue weighted by atomic mass is 32.2. The number of ether oxygens (including phenoxy) is 1. The van der Waals surface area contributed by atoms with E-state index in [9.17, 15) is 14.9 Å². The van der Waals surface area contributed by atoms with Crippen molar-refractivity contribution in [2.75, 3.05) is 18.9 Å². The second-order valence-electron chi connectivity index (χ2n) is 5.40. The molecule has 0 aliphatic rings. The molecule has 26 heavy (non-hydrogen) atoms. The molecule has 7 heteroatoms. The van der Waals surface area contributed by atoms with Crippen molar-refractivity contribution >= 4 is 23.6 Å². The van der Waals surface area contributed by atoms with E-state index in [4.69, 9.17) is 4.74 Å². The van der Waals surface area contributed by atoms with Crippen LogP contribution in [-0.4, -0.2) is 35.8 Å². The van der Waals surface area contributed by atoms with Gasteiger partial charge < -0.3 is 10.1 Å². The minimum Gasteiger partial charge on any atom is -0.465 e. The van der Waals surface area contributed by atoms with E-state index in [2.05, 4.69) is 16.4 Å².